The van der Waals surface area contributed by atoms with Gasteiger partial charge in [0.1, 0.15) is 5.75 Å². The van der Waals surface area contributed by atoms with Gasteiger partial charge in [0.05, 0.1) is 13.2 Å². The van der Waals surface area contributed by atoms with Gasteiger partial charge < -0.3 is 21.1 Å². The van der Waals surface area contributed by atoms with E-state index in [1.165, 1.54) is 32.1 Å². The molecular weight excluding hydrogens is 290 g/mol. The zero-order chi connectivity index (χ0) is 16.5. The molecule has 1 fully saturated rings. The summed E-state index contributed by atoms with van der Waals surface area (Å²) in [6.07, 6.45) is 7.16. The van der Waals surface area contributed by atoms with E-state index in [1.54, 1.807) is 7.11 Å². The van der Waals surface area contributed by atoms with Crippen LogP contribution in [0.3, 0.4) is 0 Å². The largest absolute Gasteiger partial charge is 0.497 e. The summed E-state index contributed by atoms with van der Waals surface area (Å²) in [7, 11) is 1.65. The summed E-state index contributed by atoms with van der Waals surface area (Å²) in [6, 6.07) is 7.34. The number of carbonyl (C=O) groups excluding carboxylic acids is 1. The summed E-state index contributed by atoms with van der Waals surface area (Å²) in [5.41, 5.74) is 7.03. The Morgan fingerprint density at radius 1 is 1.22 bits per heavy atom. The van der Waals surface area contributed by atoms with E-state index >= 15 is 0 Å². The minimum absolute atomic E-state index is 0.0351. The van der Waals surface area contributed by atoms with Gasteiger partial charge in [0.15, 0.2) is 0 Å². The van der Waals surface area contributed by atoms with E-state index in [0.717, 1.165) is 17.9 Å². The van der Waals surface area contributed by atoms with E-state index in [0.29, 0.717) is 19.0 Å². The first-order valence-corrected chi connectivity index (χ1v) is 8.60. The summed E-state index contributed by atoms with van der Waals surface area (Å²) in [5.74, 6) is 1.42. The third kappa shape index (κ3) is 6.10. The summed E-state index contributed by atoms with van der Waals surface area (Å²) < 4.78 is 5.12. The quantitative estimate of drug-likeness (QED) is 0.644. The summed E-state index contributed by atoms with van der Waals surface area (Å²) in [4.78, 5) is 12.0. The first kappa shape index (κ1) is 17.6. The lowest BCUT2D eigenvalue weighted by Gasteiger charge is -2.24. The molecule has 0 radical (unpaired) electrons. The Morgan fingerprint density at radius 3 is 2.57 bits per heavy atom. The Bertz CT molecular complexity index is 470. The SMILES string of the molecule is COc1ccc(NCCNC(=O)[C@@H](N)CC2CCCCC2)cc1. The molecule has 1 atom stereocenters. The van der Waals surface area contributed by atoms with Crippen LogP contribution in [-0.4, -0.2) is 32.1 Å². The Labute approximate surface area is 139 Å². The summed E-state index contributed by atoms with van der Waals surface area (Å²) >= 11 is 0. The van der Waals surface area contributed by atoms with Crippen LogP contribution < -0.4 is 21.1 Å². The molecule has 1 aliphatic carbocycles. The van der Waals surface area contributed by atoms with Crippen molar-refractivity contribution in [2.45, 2.75) is 44.6 Å². The molecule has 0 heterocycles. The molecule has 5 nitrogen and oxygen atoms in total. The predicted molar refractivity (Wildman–Crippen MR) is 93.7 cm³/mol. The van der Waals surface area contributed by atoms with Gasteiger partial charge in [0.2, 0.25) is 5.91 Å². The molecule has 0 spiro atoms. The first-order chi connectivity index (χ1) is 11.2. The molecule has 23 heavy (non-hydrogen) atoms. The molecule has 0 aliphatic heterocycles. The van der Waals surface area contributed by atoms with Crippen LogP contribution in [0.25, 0.3) is 0 Å². The second kappa shape index (κ2) is 9.40. The second-order valence-electron chi connectivity index (χ2n) is 6.29. The fourth-order valence-electron chi connectivity index (χ4n) is 3.12. The number of ether oxygens (including phenoxy) is 1. The van der Waals surface area contributed by atoms with Gasteiger partial charge in [0.25, 0.3) is 0 Å². The molecule has 2 rings (SSSR count). The number of hydrogen-bond donors (Lipinski definition) is 3. The molecule has 0 unspecified atom stereocenters. The third-order valence-electron chi connectivity index (χ3n) is 4.49. The number of rotatable bonds is 8. The zero-order valence-corrected chi connectivity index (χ0v) is 14.0. The molecule has 0 bridgehead atoms. The number of amides is 1. The topological polar surface area (TPSA) is 76.4 Å². The van der Waals surface area contributed by atoms with Crippen molar-refractivity contribution in [1.82, 2.24) is 5.32 Å². The highest BCUT2D eigenvalue weighted by atomic mass is 16.5. The molecule has 1 aromatic rings. The van der Waals surface area contributed by atoms with Crippen LogP contribution in [0.4, 0.5) is 5.69 Å². The lowest BCUT2D eigenvalue weighted by molar-refractivity contribution is -0.122. The number of carbonyl (C=O) groups is 1. The van der Waals surface area contributed by atoms with Gasteiger partial charge in [-0.15, -0.1) is 0 Å². The molecule has 0 saturated heterocycles. The molecule has 1 amide bonds. The van der Waals surface area contributed by atoms with Crippen molar-refractivity contribution in [2.24, 2.45) is 11.7 Å². The summed E-state index contributed by atoms with van der Waals surface area (Å²) in [6.45, 7) is 1.25. The van der Waals surface area contributed by atoms with E-state index in [9.17, 15) is 4.79 Å². The Kier molecular flexibility index (Phi) is 7.20. The molecule has 1 aliphatic rings. The van der Waals surface area contributed by atoms with Crippen molar-refractivity contribution in [3.05, 3.63) is 24.3 Å². The number of methoxy groups -OCH3 is 1. The highest BCUT2D eigenvalue weighted by Crippen LogP contribution is 2.26. The van der Waals surface area contributed by atoms with Crippen molar-refractivity contribution in [3.63, 3.8) is 0 Å². The third-order valence-corrected chi connectivity index (χ3v) is 4.49. The first-order valence-electron chi connectivity index (χ1n) is 8.60. The molecule has 128 valence electrons. The molecule has 1 aromatic carbocycles. The maximum Gasteiger partial charge on any atom is 0.236 e. The molecule has 1 saturated carbocycles. The van der Waals surface area contributed by atoms with Gasteiger partial charge >= 0.3 is 0 Å². The minimum Gasteiger partial charge on any atom is -0.497 e. The second-order valence-corrected chi connectivity index (χ2v) is 6.29. The van der Waals surface area contributed by atoms with Crippen LogP contribution in [0, 0.1) is 5.92 Å². The lowest BCUT2D eigenvalue weighted by atomic mass is 9.85. The monoisotopic (exact) mass is 319 g/mol. The van der Waals surface area contributed by atoms with E-state index in [-0.39, 0.29) is 11.9 Å². The number of nitrogens with one attached hydrogen (secondary N) is 2. The van der Waals surface area contributed by atoms with Crippen molar-refractivity contribution in [3.8, 4) is 5.75 Å². The normalized spacial score (nSPS) is 16.6. The molecule has 4 N–H and O–H groups in total. The van der Waals surface area contributed by atoms with Gasteiger partial charge in [-0.1, -0.05) is 32.1 Å². The summed E-state index contributed by atoms with van der Waals surface area (Å²) in [5, 5.41) is 6.17. The molecule has 0 aromatic heterocycles. The predicted octanol–water partition coefficient (Wildman–Crippen LogP) is 2.52. The average Bonchev–Trinajstić information content (AvgIpc) is 2.60. The van der Waals surface area contributed by atoms with Crippen molar-refractivity contribution >= 4 is 11.6 Å². The van der Waals surface area contributed by atoms with Crippen molar-refractivity contribution in [2.75, 3.05) is 25.5 Å². The Balaban J connectivity index is 1.61. The van der Waals surface area contributed by atoms with Crippen LogP contribution in [-0.2, 0) is 4.79 Å². The minimum atomic E-state index is -0.376. The van der Waals surface area contributed by atoms with Gasteiger partial charge in [-0.05, 0) is 36.6 Å². The lowest BCUT2D eigenvalue weighted by Crippen LogP contribution is -2.43. The molecule has 5 heteroatoms. The standard InChI is InChI=1S/C18H29N3O2/c1-23-16-9-7-15(8-10-16)20-11-12-21-18(22)17(19)13-14-5-3-2-4-6-14/h7-10,14,17,20H,2-6,11-13,19H2,1H3,(H,21,22)/t17-/m0/s1. The number of benzene rings is 1. The fourth-order valence-corrected chi connectivity index (χ4v) is 3.12. The Morgan fingerprint density at radius 2 is 1.91 bits per heavy atom. The Hall–Kier alpha value is -1.75. The van der Waals surface area contributed by atoms with Crippen LogP contribution in [0.15, 0.2) is 24.3 Å². The van der Waals surface area contributed by atoms with Crippen molar-refractivity contribution in [1.29, 1.82) is 0 Å². The van der Waals surface area contributed by atoms with Crippen LogP contribution in [0.5, 0.6) is 5.75 Å². The van der Waals surface area contributed by atoms with E-state index in [1.807, 2.05) is 24.3 Å². The van der Waals surface area contributed by atoms with Gasteiger partial charge in [0, 0.05) is 18.8 Å². The number of anilines is 1. The van der Waals surface area contributed by atoms with Gasteiger partial charge in [-0.3, -0.25) is 4.79 Å². The number of hydrogen-bond acceptors (Lipinski definition) is 4. The van der Waals surface area contributed by atoms with E-state index in [2.05, 4.69) is 10.6 Å². The zero-order valence-electron chi connectivity index (χ0n) is 14.0. The maximum absolute atomic E-state index is 12.0. The van der Waals surface area contributed by atoms with Gasteiger partial charge in [-0.2, -0.15) is 0 Å². The van der Waals surface area contributed by atoms with E-state index in [4.69, 9.17) is 10.5 Å². The number of nitrogens with two attached hydrogens (primary N) is 1. The smallest absolute Gasteiger partial charge is 0.236 e. The highest BCUT2D eigenvalue weighted by Gasteiger charge is 2.20. The highest BCUT2D eigenvalue weighted by molar-refractivity contribution is 5.81. The average molecular weight is 319 g/mol. The van der Waals surface area contributed by atoms with Crippen LogP contribution in [0.2, 0.25) is 0 Å². The van der Waals surface area contributed by atoms with Crippen molar-refractivity contribution < 1.29 is 9.53 Å². The van der Waals surface area contributed by atoms with Crippen LogP contribution in [0.1, 0.15) is 38.5 Å². The van der Waals surface area contributed by atoms with E-state index < -0.39 is 0 Å². The molecular formula is C18H29N3O2. The van der Waals surface area contributed by atoms with Gasteiger partial charge in [-0.25, -0.2) is 0 Å². The van der Waals surface area contributed by atoms with Crippen LogP contribution >= 0.6 is 0 Å². The maximum atomic E-state index is 12.0. The fraction of sp³-hybridized carbons (Fsp3) is 0.611.